The highest BCUT2D eigenvalue weighted by molar-refractivity contribution is 5.95. The van der Waals surface area contributed by atoms with Crippen LogP contribution < -0.4 is 10.2 Å². The Morgan fingerprint density at radius 3 is 2.29 bits per heavy atom. The molecule has 2 N–H and O–H groups in total. The van der Waals surface area contributed by atoms with E-state index in [4.69, 9.17) is 5.11 Å². The van der Waals surface area contributed by atoms with Gasteiger partial charge in [0, 0.05) is 31.3 Å². The summed E-state index contributed by atoms with van der Waals surface area (Å²) in [6.07, 6.45) is 3.12. The molecule has 146 valence electrons. The van der Waals surface area contributed by atoms with Crippen molar-refractivity contribution in [1.82, 2.24) is 5.32 Å². The Hall–Kier alpha value is -3.42. The molecule has 0 radical (unpaired) electrons. The van der Waals surface area contributed by atoms with E-state index in [0.717, 1.165) is 37.9 Å². The lowest BCUT2D eigenvalue weighted by Crippen LogP contribution is -2.30. The zero-order chi connectivity index (χ0) is 20.1. The number of carboxylic acids is 1. The Labute approximate surface area is 161 Å². The largest absolute Gasteiger partial charge is 0.478 e. The maximum Gasteiger partial charge on any atom is 0.335 e. The van der Waals surface area contributed by atoms with Gasteiger partial charge in [0.15, 0.2) is 0 Å². The average molecular weight is 383 g/mol. The number of amides is 1. The van der Waals surface area contributed by atoms with Crippen LogP contribution in [-0.2, 0) is 6.54 Å². The van der Waals surface area contributed by atoms with E-state index in [-0.39, 0.29) is 23.4 Å². The molecule has 0 spiro atoms. The first-order chi connectivity index (χ1) is 13.5. The number of carbonyl (C=O) groups is 2. The number of nitrogens with zero attached hydrogens (tertiary/aromatic N) is 2. The summed E-state index contributed by atoms with van der Waals surface area (Å²) in [5, 5.41) is 23.1. The number of benzene rings is 2. The second kappa shape index (κ2) is 8.51. The van der Waals surface area contributed by atoms with Gasteiger partial charge in [-0.1, -0.05) is 12.1 Å². The number of nitrogens with one attached hydrogen (secondary N) is 1. The number of aromatic carboxylic acids is 1. The fourth-order valence-corrected chi connectivity index (χ4v) is 3.26. The molecular weight excluding hydrogens is 362 g/mol. The Kier molecular flexibility index (Phi) is 5.88. The number of hydrogen-bond donors (Lipinski definition) is 2. The number of rotatable bonds is 6. The van der Waals surface area contributed by atoms with Gasteiger partial charge in [0.05, 0.1) is 10.5 Å². The minimum Gasteiger partial charge on any atom is -0.478 e. The molecule has 1 aliphatic heterocycles. The van der Waals surface area contributed by atoms with Crippen LogP contribution in [0.2, 0.25) is 0 Å². The molecule has 8 heteroatoms. The minimum atomic E-state index is -1.02. The molecule has 2 aromatic carbocycles. The number of carboxylic acid groups (broad SMARTS) is 1. The first-order valence-corrected chi connectivity index (χ1v) is 9.09. The lowest BCUT2D eigenvalue weighted by atomic mass is 10.1. The molecule has 28 heavy (non-hydrogen) atoms. The van der Waals surface area contributed by atoms with E-state index in [0.29, 0.717) is 5.69 Å². The van der Waals surface area contributed by atoms with Gasteiger partial charge in [-0.15, -0.1) is 0 Å². The molecule has 0 bridgehead atoms. The Balaban J connectivity index is 1.71. The monoisotopic (exact) mass is 383 g/mol. The highest BCUT2D eigenvalue weighted by atomic mass is 16.6. The molecule has 0 aromatic heterocycles. The predicted octanol–water partition coefficient (Wildman–Crippen LogP) is 3.21. The van der Waals surface area contributed by atoms with Crippen LogP contribution in [0.25, 0.3) is 0 Å². The normalized spacial score (nSPS) is 13.8. The summed E-state index contributed by atoms with van der Waals surface area (Å²) >= 11 is 0. The SMILES string of the molecule is O=C(O)c1ccc(CNC(=O)c2ccc(N3CCCCC3)c([N+](=O)[O-])c2)cc1. The van der Waals surface area contributed by atoms with Crippen molar-refractivity contribution < 1.29 is 19.6 Å². The third-order valence-electron chi connectivity index (χ3n) is 4.79. The van der Waals surface area contributed by atoms with E-state index in [1.807, 2.05) is 4.90 Å². The van der Waals surface area contributed by atoms with Crippen LogP contribution in [0.5, 0.6) is 0 Å². The molecule has 1 aliphatic rings. The Morgan fingerprint density at radius 1 is 1.04 bits per heavy atom. The van der Waals surface area contributed by atoms with Crippen molar-refractivity contribution in [1.29, 1.82) is 0 Å². The zero-order valence-corrected chi connectivity index (χ0v) is 15.3. The number of piperidine rings is 1. The molecule has 1 fully saturated rings. The Morgan fingerprint density at radius 2 is 1.68 bits per heavy atom. The van der Waals surface area contributed by atoms with Crippen LogP contribution >= 0.6 is 0 Å². The van der Waals surface area contributed by atoms with Gasteiger partial charge in [-0.3, -0.25) is 14.9 Å². The highest BCUT2D eigenvalue weighted by Gasteiger charge is 2.23. The van der Waals surface area contributed by atoms with Gasteiger partial charge in [-0.25, -0.2) is 4.79 Å². The molecule has 0 atom stereocenters. The van der Waals surface area contributed by atoms with Gasteiger partial charge in [0.25, 0.3) is 11.6 Å². The van der Waals surface area contributed by atoms with Crippen molar-refractivity contribution in [3.63, 3.8) is 0 Å². The number of carbonyl (C=O) groups excluding carboxylic acids is 1. The van der Waals surface area contributed by atoms with Crippen molar-refractivity contribution in [3.8, 4) is 0 Å². The van der Waals surface area contributed by atoms with E-state index < -0.39 is 16.8 Å². The molecule has 0 aliphatic carbocycles. The van der Waals surface area contributed by atoms with E-state index in [1.54, 1.807) is 24.3 Å². The average Bonchev–Trinajstić information content (AvgIpc) is 2.72. The molecule has 0 saturated carbocycles. The smallest absolute Gasteiger partial charge is 0.335 e. The lowest BCUT2D eigenvalue weighted by Gasteiger charge is -2.28. The van der Waals surface area contributed by atoms with Gasteiger partial charge in [-0.05, 0) is 49.1 Å². The molecule has 8 nitrogen and oxygen atoms in total. The van der Waals surface area contributed by atoms with Crippen molar-refractivity contribution in [2.45, 2.75) is 25.8 Å². The van der Waals surface area contributed by atoms with Crippen molar-refractivity contribution in [3.05, 3.63) is 69.3 Å². The summed E-state index contributed by atoms with van der Waals surface area (Å²) in [7, 11) is 0. The molecule has 2 aromatic rings. The third-order valence-corrected chi connectivity index (χ3v) is 4.79. The minimum absolute atomic E-state index is 0.0691. The van der Waals surface area contributed by atoms with Crippen LogP contribution in [-0.4, -0.2) is 35.0 Å². The van der Waals surface area contributed by atoms with E-state index in [2.05, 4.69) is 5.32 Å². The first-order valence-electron chi connectivity index (χ1n) is 9.09. The number of anilines is 1. The quantitative estimate of drug-likeness (QED) is 0.585. The molecule has 3 rings (SSSR count). The molecular formula is C20H21N3O5. The summed E-state index contributed by atoms with van der Waals surface area (Å²) in [6, 6.07) is 10.7. The van der Waals surface area contributed by atoms with Crippen molar-refractivity contribution in [2.75, 3.05) is 18.0 Å². The lowest BCUT2D eigenvalue weighted by molar-refractivity contribution is -0.384. The van der Waals surface area contributed by atoms with Crippen LogP contribution in [0.4, 0.5) is 11.4 Å². The topological polar surface area (TPSA) is 113 Å². The standard InChI is InChI=1S/C20H21N3O5/c24-19(21-13-14-4-6-15(7-5-14)20(25)26)16-8-9-17(18(12-16)23(27)28)22-10-2-1-3-11-22/h4-9,12H,1-3,10-11,13H2,(H,21,24)(H,25,26). The summed E-state index contributed by atoms with van der Waals surface area (Å²) in [5.41, 5.74) is 1.59. The zero-order valence-electron chi connectivity index (χ0n) is 15.3. The first kappa shape index (κ1) is 19.3. The maximum absolute atomic E-state index is 12.4. The van der Waals surface area contributed by atoms with Gasteiger partial charge in [-0.2, -0.15) is 0 Å². The number of hydrogen-bond acceptors (Lipinski definition) is 5. The van der Waals surface area contributed by atoms with Crippen LogP contribution in [0.1, 0.15) is 45.5 Å². The fraction of sp³-hybridized carbons (Fsp3) is 0.300. The number of nitro groups is 1. The highest BCUT2D eigenvalue weighted by Crippen LogP contribution is 2.31. The summed E-state index contributed by atoms with van der Waals surface area (Å²) in [6.45, 7) is 1.75. The molecule has 1 heterocycles. The van der Waals surface area contributed by atoms with E-state index >= 15 is 0 Å². The second-order valence-electron chi connectivity index (χ2n) is 6.69. The van der Waals surface area contributed by atoms with Gasteiger partial charge in [0.2, 0.25) is 0 Å². The van der Waals surface area contributed by atoms with Gasteiger partial charge < -0.3 is 15.3 Å². The van der Waals surface area contributed by atoms with E-state index in [9.17, 15) is 19.7 Å². The summed E-state index contributed by atoms with van der Waals surface area (Å²) in [5.74, 6) is -1.44. The second-order valence-corrected chi connectivity index (χ2v) is 6.69. The van der Waals surface area contributed by atoms with Crippen LogP contribution in [0, 0.1) is 10.1 Å². The molecule has 1 saturated heterocycles. The van der Waals surface area contributed by atoms with Crippen molar-refractivity contribution in [2.24, 2.45) is 0 Å². The Bertz CT molecular complexity index is 889. The maximum atomic E-state index is 12.4. The van der Waals surface area contributed by atoms with Gasteiger partial charge >= 0.3 is 5.97 Å². The van der Waals surface area contributed by atoms with Crippen LogP contribution in [0.3, 0.4) is 0 Å². The van der Waals surface area contributed by atoms with Crippen molar-refractivity contribution >= 4 is 23.3 Å². The third kappa shape index (κ3) is 4.46. The van der Waals surface area contributed by atoms with E-state index in [1.165, 1.54) is 18.2 Å². The van der Waals surface area contributed by atoms with Crippen LogP contribution in [0.15, 0.2) is 42.5 Å². The molecule has 1 amide bonds. The summed E-state index contributed by atoms with van der Waals surface area (Å²) < 4.78 is 0. The fourth-order valence-electron chi connectivity index (χ4n) is 3.26. The molecule has 0 unspecified atom stereocenters. The summed E-state index contributed by atoms with van der Waals surface area (Å²) in [4.78, 5) is 36.3. The van der Waals surface area contributed by atoms with Gasteiger partial charge in [0.1, 0.15) is 5.69 Å². The predicted molar refractivity (Wildman–Crippen MR) is 104 cm³/mol. The number of nitro benzene ring substituents is 1.